The van der Waals surface area contributed by atoms with Gasteiger partial charge in [-0.2, -0.15) is 8.42 Å². The van der Waals surface area contributed by atoms with Gasteiger partial charge in [-0.1, -0.05) is 70.2 Å². The molecule has 0 bridgehead atoms. The Hall–Kier alpha value is 0.300. The van der Waals surface area contributed by atoms with Crippen molar-refractivity contribution in [2.45, 2.75) is 77.8 Å². The highest BCUT2D eigenvalue weighted by atomic mass is 32.3. The molecule has 0 saturated heterocycles. The lowest BCUT2D eigenvalue weighted by Crippen LogP contribution is -2.34. The second kappa shape index (κ2) is 6.17. The first-order valence-electron chi connectivity index (χ1n) is 5.87. The van der Waals surface area contributed by atoms with Crippen LogP contribution in [0.5, 0.6) is 0 Å². The van der Waals surface area contributed by atoms with Crippen molar-refractivity contribution in [1.82, 2.24) is 0 Å². The summed E-state index contributed by atoms with van der Waals surface area (Å²) in [5.74, 6) is 0. The number of rotatable bonds is 0. The summed E-state index contributed by atoms with van der Waals surface area (Å²) >= 11 is 0. The summed E-state index contributed by atoms with van der Waals surface area (Å²) in [4.78, 5) is 0. The highest BCUT2D eigenvalue weighted by Gasteiger charge is 2.41. The van der Waals surface area contributed by atoms with Gasteiger partial charge in [0.25, 0.3) is 0 Å². The Bertz CT molecular complexity index is 300. The van der Waals surface area contributed by atoms with Gasteiger partial charge < -0.3 is 0 Å². The van der Waals surface area contributed by atoms with Crippen LogP contribution in [0.4, 0.5) is 0 Å². The van der Waals surface area contributed by atoms with Gasteiger partial charge in [0, 0.05) is 0 Å². The van der Waals surface area contributed by atoms with E-state index in [-0.39, 0.29) is 7.92 Å². The summed E-state index contributed by atoms with van der Waals surface area (Å²) in [6, 6.07) is 0. The van der Waals surface area contributed by atoms with Gasteiger partial charge in [-0.15, -0.1) is 0 Å². The minimum atomic E-state index is -4.67. The highest BCUT2D eigenvalue weighted by Crippen LogP contribution is 2.66. The third-order valence-electron chi connectivity index (χ3n) is 2.01. The molecule has 2 N–H and O–H groups in total. The predicted octanol–water partition coefficient (Wildman–Crippen LogP) is 4.21. The van der Waals surface area contributed by atoms with Crippen molar-refractivity contribution >= 4 is 18.3 Å². The van der Waals surface area contributed by atoms with Crippen LogP contribution in [0, 0.1) is 0 Å². The molecule has 0 amide bonds. The second-order valence-corrected chi connectivity index (χ2v) is 12.9. The van der Waals surface area contributed by atoms with Crippen LogP contribution in [-0.4, -0.2) is 33.0 Å². The van der Waals surface area contributed by atoms with Gasteiger partial charge in [-0.25, -0.2) is 0 Å². The van der Waals surface area contributed by atoms with Crippen LogP contribution < -0.4 is 0 Å². The van der Waals surface area contributed by atoms with Crippen LogP contribution >= 0.6 is 7.92 Å². The van der Waals surface area contributed by atoms with Gasteiger partial charge in [0.1, 0.15) is 0 Å². The lowest BCUT2D eigenvalue weighted by atomic mass is 10.2. The van der Waals surface area contributed by atoms with E-state index in [1.807, 2.05) is 0 Å². The second-order valence-electron chi connectivity index (χ2n) is 7.30. The molecule has 0 fully saturated rings. The van der Waals surface area contributed by atoms with Gasteiger partial charge in [-0.3, -0.25) is 9.11 Å². The monoisotopic (exact) mass is 300 g/mol. The van der Waals surface area contributed by atoms with Crippen molar-refractivity contribution < 1.29 is 17.5 Å². The minimum Gasteiger partial charge on any atom is -0.264 e. The normalized spacial score (nSPS) is 14.2. The lowest BCUT2D eigenvalue weighted by molar-refractivity contribution is 0.381. The van der Waals surface area contributed by atoms with Gasteiger partial charge in [0.05, 0.1) is 0 Å². The smallest absolute Gasteiger partial charge is 0.264 e. The molecule has 0 aromatic heterocycles. The quantitative estimate of drug-likeness (QED) is 0.519. The van der Waals surface area contributed by atoms with E-state index in [9.17, 15) is 0 Å². The maximum Gasteiger partial charge on any atom is 0.394 e. The zero-order valence-corrected chi connectivity index (χ0v) is 14.8. The molecule has 112 valence electrons. The fraction of sp³-hybridized carbons (Fsp3) is 1.00. The molecule has 0 saturated carbocycles. The van der Waals surface area contributed by atoms with E-state index in [4.69, 9.17) is 17.5 Å². The molecule has 0 aliphatic heterocycles. The SMILES string of the molecule is CC(C)(C)P(C(C)(C)C)C(C)(C)C.O=S(=O)(O)O. The highest BCUT2D eigenvalue weighted by molar-refractivity contribution is 7.79. The average molecular weight is 300 g/mol. The van der Waals surface area contributed by atoms with Crippen molar-refractivity contribution in [3.05, 3.63) is 0 Å². The first kappa shape index (κ1) is 20.6. The van der Waals surface area contributed by atoms with Gasteiger partial charge in [-0.05, 0) is 15.5 Å². The van der Waals surface area contributed by atoms with E-state index in [2.05, 4.69) is 62.3 Å². The molecule has 0 radical (unpaired) electrons. The zero-order chi connectivity index (χ0) is 15.6. The standard InChI is InChI=1S/C12H27P.H2O4S/c1-10(2,3)13(11(4,5)6)12(7,8)9;1-5(2,3)4/h1-9H3;(H2,1,2,3,4). The van der Waals surface area contributed by atoms with Crippen molar-refractivity contribution in [2.24, 2.45) is 0 Å². The van der Waals surface area contributed by atoms with Crippen molar-refractivity contribution in [3.8, 4) is 0 Å². The summed E-state index contributed by atoms with van der Waals surface area (Å²) in [5.41, 5.74) is 0. The van der Waals surface area contributed by atoms with E-state index in [0.29, 0.717) is 15.5 Å². The van der Waals surface area contributed by atoms with E-state index in [0.717, 1.165) is 0 Å². The largest absolute Gasteiger partial charge is 0.394 e. The van der Waals surface area contributed by atoms with Crippen LogP contribution in [0.25, 0.3) is 0 Å². The van der Waals surface area contributed by atoms with E-state index in [1.165, 1.54) is 0 Å². The topological polar surface area (TPSA) is 74.6 Å². The summed E-state index contributed by atoms with van der Waals surface area (Å²) in [6.45, 7) is 21.5. The Morgan fingerprint density at radius 2 is 0.778 bits per heavy atom. The Morgan fingerprint density at radius 3 is 0.778 bits per heavy atom. The van der Waals surface area contributed by atoms with Crippen LogP contribution in [0.3, 0.4) is 0 Å². The first-order valence-corrected chi connectivity index (χ1v) is 8.61. The molecule has 18 heavy (non-hydrogen) atoms. The summed E-state index contributed by atoms with van der Waals surface area (Å²) in [7, 11) is -4.65. The lowest BCUT2D eigenvalue weighted by Gasteiger charge is -2.49. The molecule has 0 spiro atoms. The summed E-state index contributed by atoms with van der Waals surface area (Å²) in [5, 5.41) is 1.35. The van der Waals surface area contributed by atoms with Crippen molar-refractivity contribution in [1.29, 1.82) is 0 Å². The average Bonchev–Trinajstić information content (AvgIpc) is 1.65. The molecule has 6 heteroatoms. The molecular weight excluding hydrogens is 271 g/mol. The predicted molar refractivity (Wildman–Crippen MR) is 80.4 cm³/mol. The fourth-order valence-corrected chi connectivity index (χ4v) is 9.06. The van der Waals surface area contributed by atoms with Crippen LogP contribution in [-0.2, 0) is 10.4 Å². The molecular formula is C12H29O4PS. The van der Waals surface area contributed by atoms with Crippen LogP contribution in [0.15, 0.2) is 0 Å². The molecule has 4 nitrogen and oxygen atoms in total. The van der Waals surface area contributed by atoms with E-state index < -0.39 is 10.4 Å². The first-order chi connectivity index (χ1) is 7.37. The molecule has 0 aromatic rings. The molecule has 0 unspecified atom stereocenters. The Morgan fingerprint density at radius 1 is 0.667 bits per heavy atom. The maximum atomic E-state index is 8.74. The third-order valence-corrected chi connectivity index (χ3v) is 6.04. The number of hydrogen-bond acceptors (Lipinski definition) is 2. The zero-order valence-electron chi connectivity index (χ0n) is 13.1. The van der Waals surface area contributed by atoms with Crippen LogP contribution in [0.1, 0.15) is 62.3 Å². The third kappa shape index (κ3) is 11.4. The van der Waals surface area contributed by atoms with Crippen molar-refractivity contribution in [2.75, 3.05) is 0 Å². The summed E-state index contributed by atoms with van der Waals surface area (Å²) in [6.07, 6.45) is 0. The van der Waals surface area contributed by atoms with Gasteiger partial charge >= 0.3 is 10.4 Å². The molecule has 0 rings (SSSR count). The summed E-state index contributed by atoms with van der Waals surface area (Å²) < 4.78 is 31.6. The molecule has 0 heterocycles. The Balaban J connectivity index is 0. The number of hydrogen-bond donors (Lipinski definition) is 2. The van der Waals surface area contributed by atoms with Gasteiger partial charge in [0.15, 0.2) is 0 Å². The molecule has 0 aliphatic carbocycles. The maximum absolute atomic E-state index is 8.74. The van der Waals surface area contributed by atoms with E-state index in [1.54, 1.807) is 0 Å². The van der Waals surface area contributed by atoms with Crippen LogP contribution in [0.2, 0.25) is 0 Å². The van der Waals surface area contributed by atoms with Gasteiger partial charge in [0.2, 0.25) is 0 Å². The van der Waals surface area contributed by atoms with Crippen molar-refractivity contribution in [3.63, 3.8) is 0 Å². The fourth-order valence-electron chi connectivity index (χ4n) is 3.02. The molecule has 0 atom stereocenters. The molecule has 0 aliphatic rings. The Labute approximate surface area is 114 Å². The molecule has 0 aromatic carbocycles. The Kier molecular flexibility index (Phi) is 7.06. The minimum absolute atomic E-state index is 0.0162. The van der Waals surface area contributed by atoms with E-state index >= 15 is 0 Å².